The molecule has 0 aliphatic heterocycles. The van der Waals surface area contributed by atoms with Crippen molar-refractivity contribution >= 4 is 34.8 Å². The molecule has 0 bridgehead atoms. The quantitative estimate of drug-likeness (QED) is 0.538. The fourth-order valence-corrected chi connectivity index (χ4v) is 3.07. The van der Waals surface area contributed by atoms with Gasteiger partial charge in [0.15, 0.2) is 5.69 Å². The van der Waals surface area contributed by atoms with Gasteiger partial charge in [0.25, 0.3) is 5.91 Å². The maximum Gasteiger partial charge on any atom is 0.433 e. The molecule has 2 heterocycles. The Morgan fingerprint density at radius 2 is 2.00 bits per heavy atom. The third-order valence-corrected chi connectivity index (χ3v) is 4.66. The average molecular weight is 463 g/mol. The molecule has 1 aromatic carbocycles. The first-order valence-corrected chi connectivity index (χ1v) is 8.94. The number of hydrogen-bond acceptors (Lipinski definition) is 4. The number of ether oxygens (including phenoxy) is 1. The summed E-state index contributed by atoms with van der Waals surface area (Å²) >= 11 is 11.7. The first kappa shape index (κ1) is 21.8. The van der Waals surface area contributed by atoms with Crippen molar-refractivity contribution in [2.45, 2.75) is 12.7 Å². The summed E-state index contributed by atoms with van der Waals surface area (Å²) in [5.41, 5.74) is -1.92. The second-order valence-corrected chi connectivity index (χ2v) is 6.73. The fourth-order valence-electron chi connectivity index (χ4n) is 2.64. The zero-order chi connectivity index (χ0) is 22.1. The predicted octanol–water partition coefficient (Wildman–Crippen LogP) is 5.05. The second-order valence-electron chi connectivity index (χ2n) is 5.94. The number of alkyl halides is 3. The molecule has 6 nitrogen and oxygen atoms in total. The van der Waals surface area contributed by atoms with Gasteiger partial charge in [-0.25, -0.2) is 9.37 Å². The molecule has 158 valence electrons. The third-order valence-electron chi connectivity index (χ3n) is 3.96. The number of rotatable bonds is 5. The van der Waals surface area contributed by atoms with E-state index in [1.807, 2.05) is 0 Å². The highest BCUT2D eigenvalue weighted by Crippen LogP contribution is 2.34. The van der Waals surface area contributed by atoms with E-state index >= 15 is 0 Å². The number of hydrogen-bond donors (Lipinski definition) is 1. The van der Waals surface area contributed by atoms with Gasteiger partial charge in [0.05, 0.1) is 42.3 Å². The first-order chi connectivity index (χ1) is 14.1. The number of nitrogens with zero attached hydrogens (tertiary/aromatic N) is 3. The zero-order valence-corrected chi connectivity index (χ0v) is 16.6. The van der Waals surface area contributed by atoms with Crippen LogP contribution in [-0.2, 0) is 12.7 Å². The predicted molar refractivity (Wildman–Crippen MR) is 101 cm³/mol. The number of aromatic nitrogens is 3. The lowest BCUT2D eigenvalue weighted by Gasteiger charge is -2.14. The molecule has 0 aliphatic carbocycles. The highest BCUT2D eigenvalue weighted by molar-refractivity contribution is 6.32. The summed E-state index contributed by atoms with van der Waals surface area (Å²) in [7, 11) is 1.33. The normalized spacial score (nSPS) is 11.4. The minimum absolute atomic E-state index is 0.0554. The van der Waals surface area contributed by atoms with Crippen molar-refractivity contribution in [2.24, 2.45) is 0 Å². The fraction of sp³-hybridized carbons (Fsp3) is 0.167. The summed E-state index contributed by atoms with van der Waals surface area (Å²) in [6, 6.07) is 5.02. The number of methoxy groups -OCH3 is 1. The van der Waals surface area contributed by atoms with Gasteiger partial charge in [0.1, 0.15) is 10.8 Å². The van der Waals surface area contributed by atoms with Gasteiger partial charge >= 0.3 is 6.18 Å². The largest absolute Gasteiger partial charge is 0.480 e. The molecular formula is C18H12Cl2F4N4O2. The van der Waals surface area contributed by atoms with E-state index in [1.165, 1.54) is 31.5 Å². The number of halogens is 6. The number of anilines is 1. The molecule has 0 saturated carbocycles. The molecule has 2 aromatic heterocycles. The van der Waals surface area contributed by atoms with Crippen LogP contribution in [0.3, 0.4) is 0 Å². The monoisotopic (exact) mass is 462 g/mol. The van der Waals surface area contributed by atoms with Crippen molar-refractivity contribution in [1.82, 2.24) is 14.8 Å². The standard InChI is InChI=1S/C18H12Cl2F4N4O2/c1-30-17-12(19)5-10(6-25-17)27-16(29)11-7-26-28(15(11)18(22,23)24)8-9-3-2-4-13(21)14(9)20/h2-7H,8H2,1H3,(H,27,29). The van der Waals surface area contributed by atoms with Crippen molar-refractivity contribution in [3.8, 4) is 5.88 Å². The van der Waals surface area contributed by atoms with Gasteiger partial charge in [0.2, 0.25) is 5.88 Å². The lowest BCUT2D eigenvalue weighted by molar-refractivity contribution is -0.144. The highest BCUT2D eigenvalue weighted by Gasteiger charge is 2.40. The number of pyridine rings is 1. The van der Waals surface area contributed by atoms with Gasteiger partial charge in [-0.1, -0.05) is 35.3 Å². The van der Waals surface area contributed by atoms with Crippen LogP contribution in [0.25, 0.3) is 0 Å². The molecule has 3 rings (SSSR count). The molecule has 0 aliphatic rings. The van der Waals surface area contributed by atoms with Crippen LogP contribution < -0.4 is 10.1 Å². The molecule has 0 unspecified atom stereocenters. The maximum absolute atomic E-state index is 13.7. The Morgan fingerprint density at radius 1 is 1.27 bits per heavy atom. The van der Waals surface area contributed by atoms with E-state index < -0.39 is 35.7 Å². The second kappa shape index (κ2) is 8.49. The minimum atomic E-state index is -4.92. The molecule has 30 heavy (non-hydrogen) atoms. The summed E-state index contributed by atoms with van der Waals surface area (Å²) in [6.07, 6.45) is -2.98. The Bertz CT molecular complexity index is 1100. The van der Waals surface area contributed by atoms with E-state index in [0.29, 0.717) is 4.68 Å². The number of benzene rings is 1. The van der Waals surface area contributed by atoms with Gasteiger partial charge in [-0.15, -0.1) is 0 Å². The molecule has 12 heteroatoms. The van der Waals surface area contributed by atoms with Crippen molar-refractivity contribution in [2.75, 3.05) is 12.4 Å². The van der Waals surface area contributed by atoms with Gasteiger partial charge in [-0.05, 0) is 17.7 Å². The smallest absolute Gasteiger partial charge is 0.433 e. The van der Waals surface area contributed by atoms with Crippen molar-refractivity contribution in [3.05, 3.63) is 69.3 Å². The summed E-state index contributed by atoms with van der Waals surface area (Å²) in [5, 5.41) is 5.66. The molecule has 1 amide bonds. The van der Waals surface area contributed by atoms with Crippen LogP contribution in [0.1, 0.15) is 21.6 Å². The summed E-state index contributed by atoms with van der Waals surface area (Å²) in [5.74, 6) is -1.77. The molecular weight excluding hydrogens is 451 g/mol. The van der Waals surface area contributed by atoms with Crippen LogP contribution in [0, 0.1) is 5.82 Å². The Kier molecular flexibility index (Phi) is 6.18. The summed E-state index contributed by atoms with van der Waals surface area (Å²) < 4.78 is 60.1. The Labute approximate surface area is 177 Å². The van der Waals surface area contributed by atoms with Crippen molar-refractivity contribution in [1.29, 1.82) is 0 Å². The van der Waals surface area contributed by atoms with Gasteiger partial charge in [-0.3, -0.25) is 9.48 Å². The topological polar surface area (TPSA) is 69.0 Å². The lowest BCUT2D eigenvalue weighted by Crippen LogP contribution is -2.21. The molecule has 3 aromatic rings. The lowest BCUT2D eigenvalue weighted by atomic mass is 10.2. The van der Waals surface area contributed by atoms with E-state index in [2.05, 4.69) is 15.4 Å². The number of carbonyl (C=O) groups excluding carboxylic acids is 1. The molecule has 1 N–H and O–H groups in total. The molecule has 0 saturated heterocycles. The molecule has 0 fully saturated rings. The van der Waals surface area contributed by atoms with Crippen LogP contribution in [0.15, 0.2) is 36.7 Å². The van der Waals surface area contributed by atoms with Crippen molar-refractivity contribution in [3.63, 3.8) is 0 Å². The van der Waals surface area contributed by atoms with Crippen molar-refractivity contribution < 1.29 is 27.1 Å². The molecule has 0 spiro atoms. The Balaban J connectivity index is 1.94. The van der Waals surface area contributed by atoms with Crippen LogP contribution in [0.2, 0.25) is 10.0 Å². The number of carbonyl (C=O) groups is 1. The van der Waals surface area contributed by atoms with E-state index in [0.717, 1.165) is 12.3 Å². The van der Waals surface area contributed by atoms with E-state index in [1.54, 1.807) is 0 Å². The van der Waals surface area contributed by atoms with Crippen LogP contribution in [0.4, 0.5) is 23.2 Å². The minimum Gasteiger partial charge on any atom is -0.480 e. The van der Waals surface area contributed by atoms with Crippen LogP contribution in [-0.4, -0.2) is 27.8 Å². The van der Waals surface area contributed by atoms with Gasteiger partial charge in [0, 0.05) is 0 Å². The van der Waals surface area contributed by atoms with E-state index in [9.17, 15) is 22.4 Å². The average Bonchev–Trinajstić information content (AvgIpc) is 3.10. The summed E-state index contributed by atoms with van der Waals surface area (Å²) in [4.78, 5) is 16.3. The van der Waals surface area contributed by atoms with E-state index in [-0.39, 0.29) is 27.2 Å². The zero-order valence-electron chi connectivity index (χ0n) is 15.1. The SMILES string of the molecule is COc1ncc(NC(=O)c2cnn(Cc3cccc(F)c3Cl)c2C(F)(F)F)cc1Cl. The maximum atomic E-state index is 13.7. The van der Waals surface area contributed by atoms with E-state index in [4.69, 9.17) is 27.9 Å². The molecule has 0 atom stereocenters. The molecule has 0 radical (unpaired) electrons. The van der Waals surface area contributed by atoms with Gasteiger partial charge < -0.3 is 10.1 Å². The number of amides is 1. The third kappa shape index (κ3) is 4.49. The van der Waals surface area contributed by atoms with Crippen LogP contribution in [0.5, 0.6) is 5.88 Å². The highest BCUT2D eigenvalue weighted by atomic mass is 35.5. The van der Waals surface area contributed by atoms with Gasteiger partial charge in [-0.2, -0.15) is 18.3 Å². The Hall–Kier alpha value is -2.85. The Morgan fingerprint density at radius 3 is 2.63 bits per heavy atom. The number of nitrogens with one attached hydrogen (secondary N) is 1. The van der Waals surface area contributed by atoms with Crippen LogP contribution >= 0.6 is 23.2 Å². The first-order valence-electron chi connectivity index (χ1n) is 8.18. The summed E-state index contributed by atoms with van der Waals surface area (Å²) in [6.45, 7) is -0.491.